The van der Waals surface area contributed by atoms with Crippen LogP contribution in [0.5, 0.6) is 0 Å². The molecule has 2 heterocycles. The Morgan fingerprint density at radius 1 is 1.33 bits per heavy atom. The summed E-state index contributed by atoms with van der Waals surface area (Å²) in [5, 5.41) is 3.10. The van der Waals surface area contributed by atoms with E-state index in [0.29, 0.717) is 6.54 Å². The van der Waals surface area contributed by atoms with Crippen molar-refractivity contribution in [3.63, 3.8) is 0 Å². The zero-order valence-electron chi connectivity index (χ0n) is 14.1. The Bertz CT molecular complexity index is 578. The van der Waals surface area contributed by atoms with Crippen molar-refractivity contribution >= 4 is 11.8 Å². The first-order valence-electron chi connectivity index (χ1n) is 8.53. The average molecular weight is 331 g/mol. The number of hydrogen-bond donors (Lipinski definition) is 1. The second-order valence-electron chi connectivity index (χ2n) is 6.65. The molecule has 1 aromatic rings. The number of benzene rings is 1. The van der Waals surface area contributed by atoms with Crippen LogP contribution in [0.4, 0.5) is 0 Å². The van der Waals surface area contributed by atoms with Crippen LogP contribution in [-0.2, 0) is 20.9 Å². The van der Waals surface area contributed by atoms with Crippen molar-refractivity contribution in [2.45, 2.75) is 31.5 Å². The fourth-order valence-corrected chi connectivity index (χ4v) is 3.38. The van der Waals surface area contributed by atoms with E-state index in [2.05, 4.69) is 17.3 Å². The van der Waals surface area contributed by atoms with Gasteiger partial charge < -0.3 is 19.9 Å². The zero-order valence-corrected chi connectivity index (χ0v) is 14.1. The van der Waals surface area contributed by atoms with Crippen molar-refractivity contribution < 1.29 is 14.3 Å². The third-order valence-corrected chi connectivity index (χ3v) is 4.67. The van der Waals surface area contributed by atoms with E-state index in [1.165, 1.54) is 0 Å². The quantitative estimate of drug-likeness (QED) is 0.879. The van der Waals surface area contributed by atoms with E-state index in [9.17, 15) is 9.59 Å². The Morgan fingerprint density at radius 3 is 2.88 bits per heavy atom. The monoisotopic (exact) mass is 331 g/mol. The van der Waals surface area contributed by atoms with Crippen LogP contribution in [0.2, 0.25) is 0 Å². The van der Waals surface area contributed by atoms with Gasteiger partial charge in [-0.25, -0.2) is 0 Å². The molecule has 0 radical (unpaired) electrons. The van der Waals surface area contributed by atoms with Crippen LogP contribution >= 0.6 is 0 Å². The lowest BCUT2D eigenvalue weighted by atomic mass is 10.1. The molecule has 0 saturated carbocycles. The second-order valence-corrected chi connectivity index (χ2v) is 6.65. The summed E-state index contributed by atoms with van der Waals surface area (Å²) in [5.74, 6) is -0.245. The zero-order chi connectivity index (χ0) is 16.9. The van der Waals surface area contributed by atoms with Gasteiger partial charge >= 0.3 is 0 Å². The summed E-state index contributed by atoms with van der Waals surface area (Å²) in [5.41, 5.74) is 1.02. The number of carbonyl (C=O) groups excluding carboxylic acids is 2. The molecule has 0 bridgehead atoms. The molecule has 0 spiro atoms. The maximum absolute atomic E-state index is 12.7. The molecule has 0 unspecified atom stereocenters. The summed E-state index contributed by atoms with van der Waals surface area (Å²) < 4.78 is 5.33. The van der Waals surface area contributed by atoms with Crippen molar-refractivity contribution in [2.24, 2.45) is 0 Å². The predicted octanol–water partition coefficient (Wildman–Crippen LogP) is 0.624. The summed E-state index contributed by atoms with van der Waals surface area (Å²) >= 11 is 0. The van der Waals surface area contributed by atoms with Crippen LogP contribution in [-0.4, -0.2) is 67.0 Å². The molecule has 2 aliphatic rings. The predicted molar refractivity (Wildman–Crippen MR) is 90.3 cm³/mol. The highest BCUT2D eigenvalue weighted by Gasteiger charge is 2.35. The minimum atomic E-state index is -0.557. The molecule has 2 amide bonds. The summed E-state index contributed by atoms with van der Waals surface area (Å²) in [4.78, 5) is 28.8. The second kappa shape index (κ2) is 7.77. The number of ether oxygens (including phenoxy) is 1. The number of nitrogens with zero attached hydrogens (tertiary/aromatic N) is 2. The summed E-state index contributed by atoms with van der Waals surface area (Å²) in [6, 6.07) is 9.33. The summed E-state index contributed by atoms with van der Waals surface area (Å²) in [6.07, 6.45) is 2.06. The maximum Gasteiger partial charge on any atom is 0.249 e. The van der Waals surface area contributed by atoms with Gasteiger partial charge in [-0.15, -0.1) is 0 Å². The van der Waals surface area contributed by atoms with Gasteiger partial charge in [0.1, 0.15) is 12.6 Å². The minimum absolute atomic E-state index is 0.0444. The number of rotatable bonds is 4. The van der Waals surface area contributed by atoms with Crippen molar-refractivity contribution in [1.29, 1.82) is 0 Å². The van der Waals surface area contributed by atoms with Crippen LogP contribution < -0.4 is 5.32 Å². The SMILES string of the molecule is CN1CCC[C@H](NC(=O)[C@H]2COCC(=O)N2Cc2ccccc2)C1. The molecule has 0 aromatic heterocycles. The molecule has 2 fully saturated rings. The van der Waals surface area contributed by atoms with E-state index in [4.69, 9.17) is 4.74 Å². The van der Waals surface area contributed by atoms with Gasteiger partial charge in [-0.2, -0.15) is 0 Å². The smallest absolute Gasteiger partial charge is 0.249 e. The molecule has 6 heteroatoms. The molecule has 130 valence electrons. The lowest BCUT2D eigenvalue weighted by molar-refractivity contribution is -0.156. The Balaban J connectivity index is 1.66. The number of amides is 2. The minimum Gasteiger partial charge on any atom is -0.369 e. The van der Waals surface area contributed by atoms with Gasteiger partial charge in [-0.05, 0) is 32.0 Å². The first-order chi connectivity index (χ1) is 11.6. The van der Waals surface area contributed by atoms with E-state index in [1.807, 2.05) is 30.3 Å². The molecule has 1 aromatic carbocycles. The molecular weight excluding hydrogens is 306 g/mol. The van der Waals surface area contributed by atoms with Crippen LogP contribution in [0.25, 0.3) is 0 Å². The van der Waals surface area contributed by atoms with Crippen LogP contribution in [0.3, 0.4) is 0 Å². The lowest BCUT2D eigenvalue weighted by Crippen LogP contribution is -2.58. The molecule has 2 aliphatic heterocycles. The molecule has 24 heavy (non-hydrogen) atoms. The molecule has 1 N–H and O–H groups in total. The van der Waals surface area contributed by atoms with Gasteiger partial charge in [-0.1, -0.05) is 30.3 Å². The van der Waals surface area contributed by atoms with Crippen molar-refractivity contribution in [1.82, 2.24) is 15.1 Å². The maximum atomic E-state index is 12.7. The number of likely N-dealkylation sites (N-methyl/N-ethyl adjacent to an activating group) is 1. The molecule has 6 nitrogen and oxygen atoms in total. The van der Waals surface area contributed by atoms with Crippen molar-refractivity contribution in [3.8, 4) is 0 Å². The summed E-state index contributed by atoms with van der Waals surface area (Å²) in [7, 11) is 2.06. The van der Waals surface area contributed by atoms with Gasteiger partial charge in [0.05, 0.1) is 6.61 Å². The van der Waals surface area contributed by atoms with Crippen LogP contribution in [0, 0.1) is 0 Å². The van der Waals surface area contributed by atoms with E-state index >= 15 is 0 Å². The highest BCUT2D eigenvalue weighted by molar-refractivity contribution is 5.89. The average Bonchev–Trinajstić information content (AvgIpc) is 2.57. The number of morpholine rings is 1. The molecule has 0 aliphatic carbocycles. The molecule has 2 saturated heterocycles. The first kappa shape index (κ1) is 16.9. The van der Waals surface area contributed by atoms with Crippen molar-refractivity contribution in [2.75, 3.05) is 33.4 Å². The molecule has 3 rings (SSSR count). The fourth-order valence-electron chi connectivity index (χ4n) is 3.38. The number of hydrogen-bond acceptors (Lipinski definition) is 4. The summed E-state index contributed by atoms with van der Waals surface area (Å²) in [6.45, 7) is 2.66. The van der Waals surface area contributed by atoms with Gasteiger partial charge in [-0.3, -0.25) is 9.59 Å². The Labute approximate surface area is 142 Å². The topological polar surface area (TPSA) is 61.9 Å². The van der Waals surface area contributed by atoms with Crippen molar-refractivity contribution in [3.05, 3.63) is 35.9 Å². The first-order valence-corrected chi connectivity index (χ1v) is 8.53. The standard InChI is InChI=1S/C18H25N3O3/c1-20-9-5-8-15(11-20)19-18(23)16-12-24-13-17(22)21(16)10-14-6-3-2-4-7-14/h2-4,6-7,15-16H,5,8-13H2,1H3,(H,19,23)/t15-,16+/m0/s1. The number of carbonyl (C=O) groups is 2. The third-order valence-electron chi connectivity index (χ3n) is 4.67. The number of piperidine rings is 1. The van der Waals surface area contributed by atoms with Crippen LogP contribution in [0.15, 0.2) is 30.3 Å². The van der Waals surface area contributed by atoms with Crippen LogP contribution in [0.1, 0.15) is 18.4 Å². The Hall–Kier alpha value is -1.92. The van der Waals surface area contributed by atoms with Gasteiger partial charge in [0.25, 0.3) is 0 Å². The van der Waals surface area contributed by atoms with E-state index in [0.717, 1.165) is 31.5 Å². The van der Waals surface area contributed by atoms with Gasteiger partial charge in [0.2, 0.25) is 11.8 Å². The van der Waals surface area contributed by atoms with E-state index < -0.39 is 6.04 Å². The fraction of sp³-hybridized carbons (Fsp3) is 0.556. The van der Waals surface area contributed by atoms with Gasteiger partial charge in [0.15, 0.2) is 0 Å². The normalized spacial score (nSPS) is 25.5. The Morgan fingerprint density at radius 2 is 2.12 bits per heavy atom. The molecular formula is C18H25N3O3. The Kier molecular flexibility index (Phi) is 5.48. The lowest BCUT2D eigenvalue weighted by Gasteiger charge is -2.37. The van der Waals surface area contributed by atoms with E-state index in [1.54, 1.807) is 4.90 Å². The van der Waals surface area contributed by atoms with E-state index in [-0.39, 0.29) is 31.1 Å². The van der Waals surface area contributed by atoms with Gasteiger partial charge in [0, 0.05) is 19.1 Å². The third kappa shape index (κ3) is 4.13. The highest BCUT2D eigenvalue weighted by Crippen LogP contribution is 2.15. The molecule has 2 atom stereocenters. The largest absolute Gasteiger partial charge is 0.369 e. The highest BCUT2D eigenvalue weighted by atomic mass is 16.5. The number of likely N-dealkylation sites (tertiary alicyclic amines) is 1. The number of nitrogens with one attached hydrogen (secondary N) is 1.